The van der Waals surface area contributed by atoms with Crippen molar-refractivity contribution >= 4 is 15.7 Å². The van der Waals surface area contributed by atoms with Crippen molar-refractivity contribution in [1.29, 1.82) is 0 Å². The third kappa shape index (κ3) is 3.40. The third-order valence-corrected chi connectivity index (χ3v) is 5.01. The van der Waals surface area contributed by atoms with E-state index < -0.39 is 15.8 Å². The van der Waals surface area contributed by atoms with E-state index in [1.807, 2.05) is 31.2 Å². The summed E-state index contributed by atoms with van der Waals surface area (Å²) in [4.78, 5) is -0.369. The molecule has 2 N–H and O–H groups in total. The van der Waals surface area contributed by atoms with Crippen LogP contribution in [0.2, 0.25) is 0 Å². The first-order valence-corrected chi connectivity index (χ1v) is 7.81. The van der Waals surface area contributed by atoms with E-state index in [-0.39, 0.29) is 17.1 Å². The summed E-state index contributed by atoms with van der Waals surface area (Å²) in [5, 5.41) is 0. The molecule has 4 nitrogen and oxygen atoms in total. The van der Waals surface area contributed by atoms with Crippen LogP contribution in [-0.2, 0) is 16.6 Å². The van der Waals surface area contributed by atoms with Crippen LogP contribution < -0.4 is 5.73 Å². The van der Waals surface area contributed by atoms with Gasteiger partial charge in [-0.2, -0.15) is 4.31 Å². The minimum Gasteiger partial charge on any atom is -0.399 e. The van der Waals surface area contributed by atoms with Crippen molar-refractivity contribution in [2.45, 2.75) is 18.4 Å². The number of rotatable bonds is 4. The van der Waals surface area contributed by atoms with Crippen molar-refractivity contribution in [2.75, 3.05) is 12.8 Å². The summed E-state index contributed by atoms with van der Waals surface area (Å²) in [5.74, 6) is -0.842. The van der Waals surface area contributed by atoms with Gasteiger partial charge in [0.25, 0.3) is 0 Å². The van der Waals surface area contributed by atoms with Gasteiger partial charge in [-0.3, -0.25) is 0 Å². The van der Waals surface area contributed by atoms with Gasteiger partial charge in [-0.1, -0.05) is 29.8 Å². The van der Waals surface area contributed by atoms with Crippen LogP contribution >= 0.6 is 0 Å². The molecule has 0 aromatic heterocycles. The average molecular weight is 308 g/mol. The number of sulfonamides is 1. The molecule has 0 heterocycles. The van der Waals surface area contributed by atoms with Gasteiger partial charge in [0.05, 0.1) is 0 Å². The summed E-state index contributed by atoms with van der Waals surface area (Å²) >= 11 is 0. The molecule has 0 saturated carbocycles. The van der Waals surface area contributed by atoms with Crippen LogP contribution in [-0.4, -0.2) is 19.8 Å². The molecule has 0 bridgehead atoms. The van der Waals surface area contributed by atoms with Gasteiger partial charge >= 0.3 is 0 Å². The van der Waals surface area contributed by atoms with E-state index in [1.54, 1.807) is 0 Å². The topological polar surface area (TPSA) is 63.4 Å². The molecule has 0 aliphatic rings. The number of aryl methyl sites for hydroxylation is 1. The highest BCUT2D eigenvalue weighted by Crippen LogP contribution is 2.21. The lowest BCUT2D eigenvalue weighted by atomic mass is 10.1. The van der Waals surface area contributed by atoms with Gasteiger partial charge < -0.3 is 5.73 Å². The molecule has 0 unspecified atom stereocenters. The number of hydrogen-bond donors (Lipinski definition) is 1. The quantitative estimate of drug-likeness (QED) is 0.883. The second-order valence-corrected chi connectivity index (χ2v) is 6.95. The van der Waals surface area contributed by atoms with Crippen molar-refractivity contribution in [3.05, 3.63) is 59.4 Å². The van der Waals surface area contributed by atoms with E-state index in [9.17, 15) is 12.8 Å². The molecule has 21 heavy (non-hydrogen) atoms. The smallest absolute Gasteiger partial charge is 0.246 e. The van der Waals surface area contributed by atoms with Crippen molar-refractivity contribution in [1.82, 2.24) is 4.31 Å². The molecule has 112 valence electrons. The highest BCUT2D eigenvalue weighted by molar-refractivity contribution is 7.89. The number of halogens is 1. The summed E-state index contributed by atoms with van der Waals surface area (Å²) in [6, 6.07) is 11.1. The van der Waals surface area contributed by atoms with Crippen molar-refractivity contribution in [3.8, 4) is 0 Å². The second kappa shape index (κ2) is 5.83. The van der Waals surface area contributed by atoms with Crippen molar-refractivity contribution in [3.63, 3.8) is 0 Å². The van der Waals surface area contributed by atoms with Gasteiger partial charge in [-0.25, -0.2) is 12.8 Å². The van der Waals surface area contributed by atoms with Crippen LogP contribution in [0.15, 0.2) is 47.4 Å². The van der Waals surface area contributed by atoms with E-state index in [2.05, 4.69) is 0 Å². The van der Waals surface area contributed by atoms with Gasteiger partial charge in [0.15, 0.2) is 0 Å². The van der Waals surface area contributed by atoms with E-state index in [0.29, 0.717) is 0 Å². The Morgan fingerprint density at radius 1 is 1.14 bits per heavy atom. The molecule has 0 spiro atoms. The predicted octanol–water partition coefficient (Wildman–Crippen LogP) is 2.54. The van der Waals surface area contributed by atoms with Gasteiger partial charge in [0.1, 0.15) is 10.7 Å². The lowest BCUT2D eigenvalue weighted by Gasteiger charge is -2.18. The first kappa shape index (κ1) is 15.5. The molecule has 0 aliphatic heterocycles. The van der Waals surface area contributed by atoms with Crippen LogP contribution in [0.3, 0.4) is 0 Å². The molecular weight excluding hydrogens is 291 g/mol. The van der Waals surface area contributed by atoms with Crippen LogP contribution in [0.1, 0.15) is 11.1 Å². The fourth-order valence-corrected chi connectivity index (χ4v) is 3.13. The van der Waals surface area contributed by atoms with Gasteiger partial charge in [0, 0.05) is 19.3 Å². The first-order chi connectivity index (χ1) is 9.80. The number of nitrogens with zero attached hydrogens (tertiary/aromatic N) is 1. The number of nitrogen functional groups attached to an aromatic ring is 1. The first-order valence-electron chi connectivity index (χ1n) is 6.37. The largest absolute Gasteiger partial charge is 0.399 e. The molecular formula is C15H17FN2O2S. The highest BCUT2D eigenvalue weighted by atomic mass is 32.2. The lowest BCUT2D eigenvalue weighted by Crippen LogP contribution is -2.27. The highest BCUT2D eigenvalue weighted by Gasteiger charge is 2.24. The van der Waals surface area contributed by atoms with E-state index in [1.165, 1.54) is 19.2 Å². The molecule has 0 fully saturated rings. The normalized spacial score (nSPS) is 11.8. The number of benzene rings is 2. The monoisotopic (exact) mass is 308 g/mol. The van der Waals surface area contributed by atoms with Crippen LogP contribution in [0.25, 0.3) is 0 Å². The second-order valence-electron chi connectivity index (χ2n) is 4.94. The summed E-state index contributed by atoms with van der Waals surface area (Å²) in [5.41, 5.74) is 7.55. The Balaban J connectivity index is 2.28. The third-order valence-electron chi connectivity index (χ3n) is 3.17. The van der Waals surface area contributed by atoms with Crippen LogP contribution in [0.5, 0.6) is 0 Å². The Morgan fingerprint density at radius 2 is 1.76 bits per heavy atom. The molecule has 0 aliphatic carbocycles. The van der Waals surface area contributed by atoms with Crippen LogP contribution in [0, 0.1) is 12.7 Å². The summed E-state index contributed by atoms with van der Waals surface area (Å²) in [7, 11) is -2.47. The molecule has 2 aromatic rings. The van der Waals surface area contributed by atoms with Crippen molar-refractivity contribution in [2.24, 2.45) is 0 Å². The summed E-state index contributed by atoms with van der Waals surface area (Å²) in [6.45, 7) is 2.13. The molecule has 0 atom stereocenters. The molecule has 6 heteroatoms. The minimum absolute atomic E-state index is 0.173. The predicted molar refractivity (Wildman–Crippen MR) is 80.6 cm³/mol. The van der Waals surface area contributed by atoms with Gasteiger partial charge in [-0.05, 0) is 30.7 Å². The number of nitrogens with two attached hydrogens (primary N) is 1. The maximum atomic E-state index is 13.8. The average Bonchev–Trinajstić information content (AvgIpc) is 2.40. The van der Waals surface area contributed by atoms with Crippen LogP contribution in [0.4, 0.5) is 10.1 Å². The zero-order chi connectivity index (χ0) is 15.6. The Kier molecular flexibility index (Phi) is 4.29. The molecule has 0 saturated heterocycles. The van der Waals surface area contributed by atoms with Crippen molar-refractivity contribution < 1.29 is 12.8 Å². The Bertz CT molecular complexity index is 743. The van der Waals surface area contributed by atoms with E-state index >= 15 is 0 Å². The molecule has 2 aromatic carbocycles. The maximum absolute atomic E-state index is 13.8. The molecule has 0 radical (unpaired) electrons. The standard InChI is InChI=1S/C15H17FN2O2S/c1-11-3-5-12(6-4-11)10-18(2)21(19,20)15-8-7-13(17)9-14(15)16/h3-9H,10,17H2,1-2H3. The summed E-state index contributed by atoms with van der Waals surface area (Å²) in [6.07, 6.45) is 0. The minimum atomic E-state index is -3.89. The fraction of sp³-hybridized carbons (Fsp3) is 0.200. The lowest BCUT2D eigenvalue weighted by molar-refractivity contribution is 0.460. The Morgan fingerprint density at radius 3 is 2.33 bits per heavy atom. The van der Waals surface area contributed by atoms with E-state index in [0.717, 1.165) is 21.5 Å². The van der Waals surface area contributed by atoms with Gasteiger partial charge in [0.2, 0.25) is 10.0 Å². The zero-order valence-corrected chi connectivity index (χ0v) is 12.7. The Labute approximate surface area is 124 Å². The van der Waals surface area contributed by atoms with E-state index in [4.69, 9.17) is 5.73 Å². The fourth-order valence-electron chi connectivity index (χ4n) is 1.93. The molecule has 0 amide bonds. The number of hydrogen-bond acceptors (Lipinski definition) is 3. The van der Waals surface area contributed by atoms with Gasteiger partial charge in [-0.15, -0.1) is 0 Å². The maximum Gasteiger partial charge on any atom is 0.246 e. The summed E-state index contributed by atoms with van der Waals surface area (Å²) < 4.78 is 39.7. The number of anilines is 1. The SMILES string of the molecule is Cc1ccc(CN(C)S(=O)(=O)c2ccc(N)cc2F)cc1. The zero-order valence-electron chi connectivity index (χ0n) is 11.9. The molecule has 2 rings (SSSR count). The Hall–Kier alpha value is -1.92.